The molecular weight excluding hydrogens is 255 g/mol. The summed E-state index contributed by atoms with van der Waals surface area (Å²) < 4.78 is 13.2. The van der Waals surface area contributed by atoms with Crippen LogP contribution in [0.4, 0.5) is 4.39 Å². The summed E-state index contributed by atoms with van der Waals surface area (Å²) in [6, 6.07) is 10.5. The Morgan fingerprint density at radius 3 is 2.20 bits per heavy atom. The number of benzene rings is 2. The first-order valence-corrected chi connectivity index (χ1v) is 6.43. The van der Waals surface area contributed by atoms with Crippen molar-refractivity contribution in [3.63, 3.8) is 0 Å². The topological polar surface area (TPSA) is 37.3 Å². The lowest BCUT2D eigenvalue weighted by molar-refractivity contribution is 0.103. The first-order chi connectivity index (χ1) is 9.29. The molecule has 0 spiro atoms. The molecule has 0 amide bonds. The number of hydrogen-bond donors (Lipinski definition) is 1. The van der Waals surface area contributed by atoms with Gasteiger partial charge in [-0.2, -0.15) is 0 Å². The molecule has 20 heavy (non-hydrogen) atoms. The van der Waals surface area contributed by atoms with Crippen LogP contribution in [-0.2, 0) is 5.41 Å². The molecule has 2 aromatic carbocycles. The van der Waals surface area contributed by atoms with Crippen LogP contribution in [0.15, 0.2) is 42.5 Å². The third kappa shape index (κ3) is 2.87. The van der Waals surface area contributed by atoms with Crippen molar-refractivity contribution < 1.29 is 14.3 Å². The first kappa shape index (κ1) is 14.3. The van der Waals surface area contributed by atoms with E-state index >= 15 is 0 Å². The number of carbonyl (C=O) groups is 1. The van der Waals surface area contributed by atoms with Crippen LogP contribution in [0.25, 0.3) is 0 Å². The fraction of sp³-hybridized carbons (Fsp3) is 0.235. The van der Waals surface area contributed by atoms with Crippen LogP contribution >= 0.6 is 0 Å². The summed E-state index contributed by atoms with van der Waals surface area (Å²) in [5, 5.41) is 9.66. The number of halogens is 1. The molecule has 0 saturated heterocycles. The zero-order valence-electron chi connectivity index (χ0n) is 11.8. The summed E-state index contributed by atoms with van der Waals surface area (Å²) in [5.41, 5.74) is 1.52. The fourth-order valence-corrected chi connectivity index (χ4v) is 1.97. The second kappa shape index (κ2) is 5.08. The average Bonchev–Trinajstić information content (AvgIpc) is 2.40. The summed E-state index contributed by atoms with van der Waals surface area (Å²) in [6.07, 6.45) is 0. The van der Waals surface area contributed by atoms with E-state index < -0.39 is 5.82 Å². The Bertz CT molecular complexity index is 637. The summed E-state index contributed by atoms with van der Waals surface area (Å²) in [7, 11) is 0. The van der Waals surface area contributed by atoms with Crippen LogP contribution in [-0.4, -0.2) is 10.9 Å². The highest BCUT2D eigenvalue weighted by molar-refractivity contribution is 6.10. The molecule has 0 aliphatic carbocycles. The van der Waals surface area contributed by atoms with E-state index in [2.05, 4.69) is 20.8 Å². The van der Waals surface area contributed by atoms with E-state index in [9.17, 15) is 14.3 Å². The maximum Gasteiger partial charge on any atom is 0.196 e. The maximum atomic E-state index is 13.2. The lowest BCUT2D eigenvalue weighted by Crippen LogP contribution is -2.11. The SMILES string of the molecule is CC(C)(C)c1ccc(C(=O)c2cc(F)ccc2O)cc1. The molecule has 2 nitrogen and oxygen atoms in total. The van der Waals surface area contributed by atoms with Crippen molar-refractivity contribution in [2.45, 2.75) is 26.2 Å². The van der Waals surface area contributed by atoms with Gasteiger partial charge >= 0.3 is 0 Å². The van der Waals surface area contributed by atoms with E-state index in [0.717, 1.165) is 17.7 Å². The molecule has 104 valence electrons. The fourth-order valence-electron chi connectivity index (χ4n) is 1.97. The largest absolute Gasteiger partial charge is 0.507 e. The highest BCUT2D eigenvalue weighted by Crippen LogP contribution is 2.25. The second-order valence-corrected chi connectivity index (χ2v) is 5.82. The van der Waals surface area contributed by atoms with Crippen molar-refractivity contribution >= 4 is 5.78 Å². The number of ketones is 1. The zero-order chi connectivity index (χ0) is 14.9. The maximum absolute atomic E-state index is 13.2. The van der Waals surface area contributed by atoms with Gasteiger partial charge < -0.3 is 5.11 Å². The number of rotatable bonds is 2. The Balaban J connectivity index is 2.37. The molecule has 2 rings (SSSR count). The zero-order valence-corrected chi connectivity index (χ0v) is 11.8. The monoisotopic (exact) mass is 272 g/mol. The molecule has 0 fully saturated rings. The van der Waals surface area contributed by atoms with Gasteiger partial charge in [-0.1, -0.05) is 45.0 Å². The van der Waals surface area contributed by atoms with Gasteiger partial charge in [0, 0.05) is 5.56 Å². The Kier molecular flexibility index (Phi) is 3.62. The van der Waals surface area contributed by atoms with Gasteiger partial charge in [0.1, 0.15) is 11.6 Å². The molecule has 0 aliphatic heterocycles. The number of carbonyl (C=O) groups excluding carboxylic acids is 1. The predicted octanol–water partition coefficient (Wildman–Crippen LogP) is 4.06. The van der Waals surface area contributed by atoms with Gasteiger partial charge in [-0.3, -0.25) is 4.79 Å². The lowest BCUT2D eigenvalue weighted by atomic mass is 9.86. The Morgan fingerprint density at radius 1 is 1.05 bits per heavy atom. The Morgan fingerprint density at radius 2 is 1.65 bits per heavy atom. The molecule has 0 bridgehead atoms. The van der Waals surface area contributed by atoms with Gasteiger partial charge in [-0.05, 0) is 29.2 Å². The van der Waals surface area contributed by atoms with Gasteiger partial charge in [0.15, 0.2) is 5.78 Å². The minimum atomic E-state index is -0.544. The molecule has 0 unspecified atom stereocenters. The molecule has 2 aromatic rings. The van der Waals surface area contributed by atoms with E-state index in [-0.39, 0.29) is 22.5 Å². The van der Waals surface area contributed by atoms with Gasteiger partial charge in [-0.15, -0.1) is 0 Å². The van der Waals surface area contributed by atoms with Crippen molar-refractivity contribution in [2.24, 2.45) is 0 Å². The molecule has 0 saturated carbocycles. The van der Waals surface area contributed by atoms with Crippen LogP contribution in [0.5, 0.6) is 5.75 Å². The van der Waals surface area contributed by atoms with Gasteiger partial charge in [0.2, 0.25) is 0 Å². The van der Waals surface area contributed by atoms with Crippen molar-refractivity contribution in [1.82, 2.24) is 0 Å². The van der Waals surface area contributed by atoms with Crippen LogP contribution in [0, 0.1) is 5.82 Å². The van der Waals surface area contributed by atoms with Gasteiger partial charge in [0.25, 0.3) is 0 Å². The number of aromatic hydroxyl groups is 1. The van der Waals surface area contributed by atoms with E-state index in [4.69, 9.17) is 0 Å². The Labute approximate surface area is 117 Å². The number of phenols is 1. The molecule has 0 atom stereocenters. The minimum absolute atomic E-state index is 0.00255. The average molecular weight is 272 g/mol. The van der Waals surface area contributed by atoms with Gasteiger partial charge in [-0.25, -0.2) is 4.39 Å². The quantitative estimate of drug-likeness (QED) is 0.837. The van der Waals surface area contributed by atoms with Crippen molar-refractivity contribution in [3.8, 4) is 5.75 Å². The van der Waals surface area contributed by atoms with E-state index in [0.29, 0.717) is 5.56 Å². The van der Waals surface area contributed by atoms with E-state index in [1.807, 2.05) is 12.1 Å². The molecule has 0 aliphatic rings. The van der Waals surface area contributed by atoms with Crippen molar-refractivity contribution in [1.29, 1.82) is 0 Å². The van der Waals surface area contributed by atoms with Crippen LogP contribution in [0.2, 0.25) is 0 Å². The number of phenolic OH excluding ortho intramolecular Hbond substituents is 1. The molecular formula is C17H17FO2. The second-order valence-electron chi connectivity index (χ2n) is 5.82. The molecule has 1 N–H and O–H groups in total. The van der Waals surface area contributed by atoms with Crippen molar-refractivity contribution in [2.75, 3.05) is 0 Å². The smallest absolute Gasteiger partial charge is 0.196 e. The Hall–Kier alpha value is -2.16. The minimum Gasteiger partial charge on any atom is -0.507 e. The van der Waals surface area contributed by atoms with Crippen molar-refractivity contribution in [3.05, 3.63) is 65.0 Å². The van der Waals surface area contributed by atoms with Crippen LogP contribution in [0.1, 0.15) is 42.3 Å². The lowest BCUT2D eigenvalue weighted by Gasteiger charge is -2.19. The highest BCUT2D eigenvalue weighted by Gasteiger charge is 2.17. The molecule has 0 radical (unpaired) electrons. The molecule has 0 aromatic heterocycles. The van der Waals surface area contributed by atoms with E-state index in [1.54, 1.807) is 12.1 Å². The standard InChI is InChI=1S/C17H17FO2/c1-17(2,3)12-6-4-11(5-7-12)16(20)14-10-13(18)8-9-15(14)19/h4-10,19H,1-3H3. The number of hydrogen-bond acceptors (Lipinski definition) is 2. The summed E-state index contributed by atoms with van der Waals surface area (Å²) >= 11 is 0. The molecule has 0 heterocycles. The van der Waals surface area contributed by atoms with Crippen LogP contribution in [0.3, 0.4) is 0 Å². The summed E-state index contributed by atoms with van der Waals surface area (Å²) in [6.45, 7) is 6.26. The third-order valence-electron chi connectivity index (χ3n) is 3.22. The molecule has 3 heteroatoms. The van der Waals surface area contributed by atoms with Crippen LogP contribution < -0.4 is 0 Å². The third-order valence-corrected chi connectivity index (χ3v) is 3.22. The highest BCUT2D eigenvalue weighted by atomic mass is 19.1. The summed E-state index contributed by atoms with van der Waals surface area (Å²) in [5.74, 6) is -1.14. The summed E-state index contributed by atoms with van der Waals surface area (Å²) in [4.78, 5) is 12.3. The normalized spacial score (nSPS) is 11.4. The van der Waals surface area contributed by atoms with Gasteiger partial charge in [0.05, 0.1) is 5.56 Å². The predicted molar refractivity (Wildman–Crippen MR) is 76.6 cm³/mol. The first-order valence-electron chi connectivity index (χ1n) is 6.43. The van der Waals surface area contributed by atoms with E-state index in [1.165, 1.54) is 6.07 Å².